The molecule has 2 aromatic rings. The zero-order chi connectivity index (χ0) is 33.3. The third-order valence-electron chi connectivity index (χ3n) is 7.13. The number of guanidine groups is 1. The zero-order valence-electron chi connectivity index (χ0n) is 25.3. The third-order valence-corrected chi connectivity index (χ3v) is 7.13. The van der Waals surface area contributed by atoms with Crippen molar-refractivity contribution >= 4 is 52.1 Å². The zero-order valence-corrected chi connectivity index (χ0v) is 25.3. The van der Waals surface area contributed by atoms with Crippen LogP contribution in [0.4, 0.5) is 14.5 Å². The Morgan fingerprint density at radius 1 is 1.18 bits per heavy atom. The molecule has 2 heterocycles. The van der Waals surface area contributed by atoms with Gasteiger partial charge in [-0.15, -0.1) is 0 Å². The van der Waals surface area contributed by atoms with Crippen LogP contribution in [0, 0.1) is 0 Å². The highest BCUT2D eigenvalue weighted by Gasteiger charge is 2.44. The Bertz CT molecular complexity index is 1470. The van der Waals surface area contributed by atoms with Crippen LogP contribution in [-0.4, -0.2) is 107 Å². The van der Waals surface area contributed by atoms with E-state index >= 15 is 0 Å². The first kappa shape index (κ1) is 34.6. The largest absolute Gasteiger partial charge is 0.480 e. The van der Waals surface area contributed by atoms with E-state index in [0.717, 1.165) is 4.90 Å². The number of carbonyl (C=O) groups is 5. The average Bonchev–Trinajstić information content (AvgIpc) is 3.27. The van der Waals surface area contributed by atoms with Crippen LogP contribution in [0.5, 0.6) is 0 Å². The molecule has 14 nitrogen and oxygen atoms in total. The van der Waals surface area contributed by atoms with E-state index in [4.69, 9.17) is 5.73 Å². The second-order valence-electron chi connectivity index (χ2n) is 11.0. The Kier molecular flexibility index (Phi) is 11.7. The molecule has 1 aromatic heterocycles. The molecule has 4 amide bonds. The molecule has 244 valence electrons. The van der Waals surface area contributed by atoms with Crippen molar-refractivity contribution in [3.05, 3.63) is 36.0 Å². The highest BCUT2D eigenvalue weighted by molar-refractivity contribution is 6.10. The number of alkyl halides is 2. The number of aromatic nitrogens is 1. The van der Waals surface area contributed by atoms with Crippen molar-refractivity contribution in [2.24, 2.45) is 10.7 Å². The summed E-state index contributed by atoms with van der Waals surface area (Å²) < 4.78 is 27.3. The third kappa shape index (κ3) is 9.81. The summed E-state index contributed by atoms with van der Waals surface area (Å²) in [5, 5.41) is 17.3. The quantitative estimate of drug-likeness (QED) is 0.122. The Labute approximate surface area is 258 Å². The average molecular weight is 633 g/mol. The molecule has 0 saturated carbocycles. The highest BCUT2D eigenvalue weighted by atomic mass is 19.3. The Morgan fingerprint density at radius 2 is 1.89 bits per heavy atom. The fraction of sp³-hybridized carbons (Fsp3) is 0.483. The van der Waals surface area contributed by atoms with Gasteiger partial charge in [0.15, 0.2) is 5.96 Å². The normalized spacial score (nSPS) is 16.6. The van der Waals surface area contributed by atoms with Crippen LogP contribution in [0.2, 0.25) is 0 Å². The van der Waals surface area contributed by atoms with Crippen molar-refractivity contribution in [2.75, 3.05) is 39.0 Å². The maximum atomic E-state index is 13.7. The minimum Gasteiger partial charge on any atom is -0.480 e. The standard InChI is InChI=1S/C29H38F2N8O6/c1-17-14-29(30,31)16-39(17)24(42)15-35-26(43)19-11-13-33-25-18(19)6-4-7-20(25)36-22(40)9-10-23(41)37-21(27(44)45)8-5-12-34-28(32)38(2)3/h4,6-7,11,13,17,21H,5,8-10,12,14-16H2,1-3H3,(H2,32,34)(H,35,43)(H,36,40)(H,37,41)(H,44,45)/t17-,21+/m1/s1. The summed E-state index contributed by atoms with van der Waals surface area (Å²) in [5.74, 6) is -6.30. The second kappa shape index (κ2) is 15.2. The number of nitrogens with two attached hydrogens (primary N) is 1. The van der Waals surface area contributed by atoms with E-state index in [1.807, 2.05) is 0 Å². The number of nitrogens with zero attached hydrogens (tertiary/aromatic N) is 4. The highest BCUT2D eigenvalue weighted by Crippen LogP contribution is 2.31. The first-order chi connectivity index (χ1) is 21.2. The lowest BCUT2D eigenvalue weighted by Gasteiger charge is -2.21. The van der Waals surface area contributed by atoms with Gasteiger partial charge in [0.05, 0.1) is 29.9 Å². The fourth-order valence-electron chi connectivity index (χ4n) is 4.77. The lowest BCUT2D eigenvalue weighted by atomic mass is 10.1. The van der Waals surface area contributed by atoms with Gasteiger partial charge in [0.25, 0.3) is 11.8 Å². The first-order valence-electron chi connectivity index (χ1n) is 14.3. The molecule has 1 aliphatic rings. The van der Waals surface area contributed by atoms with E-state index in [9.17, 15) is 37.9 Å². The number of aliphatic imine (C=N–C) groups is 1. The molecule has 45 heavy (non-hydrogen) atoms. The van der Waals surface area contributed by atoms with Gasteiger partial charge in [-0.2, -0.15) is 0 Å². The molecule has 1 fully saturated rings. The summed E-state index contributed by atoms with van der Waals surface area (Å²) in [7, 11) is 3.45. The number of rotatable bonds is 13. The van der Waals surface area contributed by atoms with Gasteiger partial charge in [0.1, 0.15) is 6.04 Å². The predicted octanol–water partition coefficient (Wildman–Crippen LogP) is 1.17. The van der Waals surface area contributed by atoms with Crippen LogP contribution in [0.1, 0.15) is 49.4 Å². The second-order valence-corrected chi connectivity index (χ2v) is 11.0. The van der Waals surface area contributed by atoms with E-state index in [1.54, 1.807) is 37.2 Å². The molecular weight excluding hydrogens is 594 g/mol. The fourth-order valence-corrected chi connectivity index (χ4v) is 4.77. The van der Waals surface area contributed by atoms with Crippen molar-refractivity contribution in [3.63, 3.8) is 0 Å². The van der Waals surface area contributed by atoms with Crippen molar-refractivity contribution in [1.82, 2.24) is 25.4 Å². The van der Waals surface area contributed by atoms with Gasteiger partial charge in [0, 0.05) is 57.5 Å². The number of carbonyl (C=O) groups excluding carboxylic acids is 4. The number of benzene rings is 1. The number of anilines is 1. The van der Waals surface area contributed by atoms with Gasteiger partial charge in [-0.3, -0.25) is 29.2 Å². The maximum Gasteiger partial charge on any atom is 0.326 e. The summed E-state index contributed by atoms with van der Waals surface area (Å²) in [6.45, 7) is 0.638. The number of para-hydroxylation sites is 1. The summed E-state index contributed by atoms with van der Waals surface area (Å²) in [5.41, 5.74) is 6.38. The van der Waals surface area contributed by atoms with Crippen LogP contribution in [0.3, 0.4) is 0 Å². The SMILES string of the molecule is C[C@@H]1CC(F)(F)CN1C(=O)CNC(=O)c1ccnc2c(NC(=O)CCC(=O)N[C@@H](CCCN=C(N)N(C)C)C(=O)O)cccc12. The van der Waals surface area contributed by atoms with Gasteiger partial charge in [-0.05, 0) is 31.9 Å². The number of carboxylic acid groups (broad SMARTS) is 1. The van der Waals surface area contributed by atoms with Gasteiger partial charge in [-0.1, -0.05) is 12.1 Å². The number of aliphatic carboxylic acids is 1. The molecule has 1 aliphatic heterocycles. The van der Waals surface area contributed by atoms with Crippen molar-refractivity contribution in [3.8, 4) is 0 Å². The number of nitrogens with one attached hydrogen (secondary N) is 3. The van der Waals surface area contributed by atoms with E-state index in [1.165, 1.54) is 19.2 Å². The summed E-state index contributed by atoms with van der Waals surface area (Å²) in [4.78, 5) is 73.0. The van der Waals surface area contributed by atoms with Crippen LogP contribution in [-0.2, 0) is 19.2 Å². The van der Waals surface area contributed by atoms with E-state index in [-0.39, 0.29) is 42.6 Å². The van der Waals surface area contributed by atoms with Crippen LogP contribution < -0.4 is 21.7 Å². The Balaban J connectivity index is 1.55. The molecule has 2 atom stereocenters. The molecule has 1 saturated heterocycles. The topological polar surface area (TPSA) is 199 Å². The van der Waals surface area contributed by atoms with Gasteiger partial charge in [-0.25, -0.2) is 13.6 Å². The van der Waals surface area contributed by atoms with E-state index < -0.39 is 67.1 Å². The number of pyridine rings is 1. The van der Waals surface area contributed by atoms with Gasteiger partial charge >= 0.3 is 5.97 Å². The molecule has 0 radical (unpaired) electrons. The molecule has 0 aliphatic carbocycles. The number of fused-ring (bicyclic) bond motifs is 1. The molecule has 0 bridgehead atoms. The minimum absolute atomic E-state index is 0.122. The van der Waals surface area contributed by atoms with Crippen molar-refractivity contribution in [2.45, 2.75) is 57.0 Å². The van der Waals surface area contributed by atoms with Crippen molar-refractivity contribution in [1.29, 1.82) is 0 Å². The molecule has 0 unspecified atom stereocenters. The Hall–Kier alpha value is -4.89. The number of likely N-dealkylation sites (tertiary alicyclic amines) is 1. The molecular formula is C29H38F2N8O6. The van der Waals surface area contributed by atoms with Gasteiger partial charge in [0.2, 0.25) is 17.7 Å². The van der Waals surface area contributed by atoms with Crippen molar-refractivity contribution < 1.29 is 37.9 Å². The van der Waals surface area contributed by atoms with Crippen LogP contribution >= 0.6 is 0 Å². The first-order valence-corrected chi connectivity index (χ1v) is 14.3. The Morgan fingerprint density at radius 3 is 2.53 bits per heavy atom. The molecule has 6 N–H and O–H groups in total. The number of carboxylic acids is 1. The maximum absolute atomic E-state index is 13.7. The monoisotopic (exact) mass is 632 g/mol. The van der Waals surface area contributed by atoms with Crippen LogP contribution in [0.15, 0.2) is 35.5 Å². The minimum atomic E-state index is -2.97. The molecule has 3 rings (SSSR count). The number of hydrogen-bond donors (Lipinski definition) is 5. The molecule has 1 aromatic carbocycles. The number of halogens is 2. The molecule has 0 spiro atoms. The smallest absolute Gasteiger partial charge is 0.326 e. The van der Waals surface area contributed by atoms with E-state index in [0.29, 0.717) is 17.8 Å². The summed E-state index contributed by atoms with van der Waals surface area (Å²) >= 11 is 0. The molecule has 16 heteroatoms. The lowest BCUT2D eigenvalue weighted by molar-refractivity contribution is -0.142. The lowest BCUT2D eigenvalue weighted by Crippen LogP contribution is -2.42. The summed E-state index contributed by atoms with van der Waals surface area (Å²) in [6.07, 6.45) is 0.867. The predicted molar refractivity (Wildman–Crippen MR) is 162 cm³/mol. The number of hydrogen-bond acceptors (Lipinski definition) is 7. The van der Waals surface area contributed by atoms with E-state index in [2.05, 4.69) is 25.9 Å². The summed E-state index contributed by atoms with van der Waals surface area (Å²) in [6, 6.07) is 4.35. The van der Waals surface area contributed by atoms with Gasteiger partial charge < -0.3 is 36.6 Å². The number of amides is 4. The van der Waals surface area contributed by atoms with Crippen LogP contribution in [0.25, 0.3) is 10.9 Å².